The van der Waals surface area contributed by atoms with Gasteiger partial charge in [0.05, 0.1) is 6.61 Å². The zero-order valence-corrected chi connectivity index (χ0v) is 23.1. The first-order valence-corrected chi connectivity index (χ1v) is 14.2. The van der Waals surface area contributed by atoms with Gasteiger partial charge in [-0.2, -0.15) is 0 Å². The van der Waals surface area contributed by atoms with E-state index >= 15 is 0 Å². The summed E-state index contributed by atoms with van der Waals surface area (Å²) in [6, 6.07) is 13.5. The average molecular weight is 552 g/mol. The molecule has 172 valence electrons. The van der Waals surface area contributed by atoms with Crippen LogP contribution in [0, 0.1) is 0 Å². The van der Waals surface area contributed by atoms with Crippen LogP contribution < -0.4 is 4.74 Å². The fourth-order valence-electron chi connectivity index (χ4n) is 3.85. The summed E-state index contributed by atoms with van der Waals surface area (Å²) in [5, 5.41) is 1.62. The third-order valence-electron chi connectivity index (χ3n) is 5.89. The summed E-state index contributed by atoms with van der Waals surface area (Å²) < 4.78 is 6.22. The molecule has 0 aliphatic rings. The van der Waals surface area contributed by atoms with E-state index in [1.807, 2.05) is 0 Å². The minimum Gasteiger partial charge on any atom is -0.493 e. The molecule has 2 aromatic carbocycles. The van der Waals surface area contributed by atoms with E-state index in [9.17, 15) is 0 Å². The van der Waals surface area contributed by atoms with E-state index in [4.69, 9.17) is 4.74 Å². The minimum atomic E-state index is 0.172. The summed E-state index contributed by atoms with van der Waals surface area (Å²) >= 11 is 7.36. The van der Waals surface area contributed by atoms with Gasteiger partial charge < -0.3 is 4.74 Å². The molecule has 1 nitrogen and oxygen atoms in total. The van der Waals surface area contributed by atoms with Crippen molar-refractivity contribution in [1.82, 2.24) is 0 Å². The maximum absolute atomic E-state index is 6.22. The zero-order valence-electron chi connectivity index (χ0n) is 19.9. The van der Waals surface area contributed by atoms with Gasteiger partial charge in [0.2, 0.25) is 0 Å². The number of alkyl halides is 2. The summed E-state index contributed by atoms with van der Waals surface area (Å²) in [5.74, 6) is 1.02. The Morgan fingerprint density at radius 3 is 1.87 bits per heavy atom. The number of ether oxygens (including phenoxy) is 1. The van der Waals surface area contributed by atoms with Crippen LogP contribution in [0.3, 0.4) is 0 Å². The van der Waals surface area contributed by atoms with Gasteiger partial charge in [-0.05, 0) is 46.2 Å². The number of rotatable bonds is 13. The van der Waals surface area contributed by atoms with Gasteiger partial charge in [0.25, 0.3) is 0 Å². The molecule has 3 heteroatoms. The lowest BCUT2D eigenvalue weighted by atomic mass is 9.86. The van der Waals surface area contributed by atoms with Crippen LogP contribution >= 0.6 is 31.9 Å². The van der Waals surface area contributed by atoms with Crippen molar-refractivity contribution < 1.29 is 4.74 Å². The molecule has 0 saturated carbocycles. The fraction of sp³-hybridized carbons (Fsp3) is 0.571. The number of unbranched alkanes of at least 4 members (excludes halogenated alkanes) is 7. The molecule has 31 heavy (non-hydrogen) atoms. The number of halogens is 2. The van der Waals surface area contributed by atoms with Crippen LogP contribution in [-0.2, 0) is 16.1 Å². The Balaban J connectivity index is 2.00. The number of benzene rings is 2. The summed E-state index contributed by atoms with van der Waals surface area (Å²) in [6.07, 6.45) is 10.6. The molecule has 0 amide bonds. The van der Waals surface area contributed by atoms with Crippen LogP contribution in [0.25, 0.3) is 11.1 Å². The van der Waals surface area contributed by atoms with Crippen molar-refractivity contribution in [2.75, 3.05) is 6.61 Å². The Kier molecular flexibility index (Phi) is 11.7. The SMILES string of the molecule is CCCCCCCCCCOc1cc(CBr)c(-c2ccc(C(C)(C)C)cc2)cc1CBr. The van der Waals surface area contributed by atoms with E-state index in [0.29, 0.717) is 0 Å². The second kappa shape index (κ2) is 13.7. The van der Waals surface area contributed by atoms with Crippen molar-refractivity contribution in [2.45, 2.75) is 95.1 Å². The Morgan fingerprint density at radius 2 is 1.32 bits per heavy atom. The van der Waals surface area contributed by atoms with Crippen molar-refractivity contribution in [3.8, 4) is 16.9 Å². The average Bonchev–Trinajstić information content (AvgIpc) is 2.77. The molecule has 0 aliphatic carbocycles. The zero-order chi connectivity index (χ0) is 22.7. The Morgan fingerprint density at radius 1 is 0.742 bits per heavy atom. The second-order valence-electron chi connectivity index (χ2n) is 9.54. The summed E-state index contributed by atoms with van der Waals surface area (Å²) in [7, 11) is 0. The van der Waals surface area contributed by atoms with Crippen LogP contribution in [0.15, 0.2) is 36.4 Å². The Labute approximate surface area is 207 Å². The van der Waals surface area contributed by atoms with E-state index in [0.717, 1.165) is 29.4 Å². The molecule has 2 aromatic rings. The van der Waals surface area contributed by atoms with Crippen molar-refractivity contribution in [2.24, 2.45) is 0 Å². The maximum Gasteiger partial charge on any atom is 0.123 e. The predicted octanol–water partition coefficient (Wildman–Crippen LogP) is 9.96. The van der Waals surface area contributed by atoms with E-state index < -0.39 is 0 Å². The summed E-state index contributed by atoms with van der Waals surface area (Å²) in [4.78, 5) is 0. The van der Waals surface area contributed by atoms with Crippen molar-refractivity contribution >= 4 is 31.9 Å². The molecule has 0 aliphatic heterocycles. The first-order valence-electron chi connectivity index (χ1n) is 11.9. The lowest BCUT2D eigenvalue weighted by molar-refractivity contribution is 0.302. The molecule has 0 fully saturated rings. The lowest BCUT2D eigenvalue weighted by Crippen LogP contribution is -2.10. The molecule has 0 saturated heterocycles. The Bertz CT molecular complexity index is 775. The van der Waals surface area contributed by atoms with Crippen LogP contribution in [0.2, 0.25) is 0 Å². The maximum atomic E-state index is 6.22. The highest BCUT2D eigenvalue weighted by Gasteiger charge is 2.15. The monoisotopic (exact) mass is 550 g/mol. The summed E-state index contributed by atoms with van der Waals surface area (Å²) in [6.45, 7) is 9.85. The van der Waals surface area contributed by atoms with Gasteiger partial charge >= 0.3 is 0 Å². The quantitative estimate of drug-likeness (QED) is 0.178. The largest absolute Gasteiger partial charge is 0.493 e. The number of hydrogen-bond donors (Lipinski definition) is 0. The van der Waals surface area contributed by atoms with Gasteiger partial charge in [-0.15, -0.1) is 0 Å². The van der Waals surface area contributed by atoms with E-state index in [1.165, 1.54) is 72.8 Å². The summed E-state index contributed by atoms with van der Waals surface area (Å²) in [5.41, 5.74) is 6.58. The van der Waals surface area contributed by atoms with Crippen LogP contribution in [0.1, 0.15) is 95.8 Å². The lowest BCUT2D eigenvalue weighted by Gasteiger charge is -2.20. The second-order valence-corrected chi connectivity index (χ2v) is 10.7. The van der Waals surface area contributed by atoms with Crippen molar-refractivity contribution in [3.63, 3.8) is 0 Å². The van der Waals surface area contributed by atoms with Crippen LogP contribution in [-0.4, -0.2) is 6.61 Å². The third-order valence-corrected chi connectivity index (χ3v) is 7.10. The molecule has 0 radical (unpaired) electrons. The highest BCUT2D eigenvalue weighted by Crippen LogP contribution is 2.35. The molecular weight excluding hydrogens is 512 g/mol. The number of hydrogen-bond acceptors (Lipinski definition) is 1. The Hall–Kier alpha value is -0.800. The van der Waals surface area contributed by atoms with Gasteiger partial charge in [-0.1, -0.05) is 129 Å². The van der Waals surface area contributed by atoms with Gasteiger partial charge in [0, 0.05) is 16.2 Å². The highest BCUT2D eigenvalue weighted by atomic mass is 79.9. The molecule has 2 rings (SSSR count). The normalized spacial score (nSPS) is 11.7. The minimum absolute atomic E-state index is 0.172. The first-order chi connectivity index (χ1) is 14.9. The molecule has 0 spiro atoms. The molecule has 0 unspecified atom stereocenters. The molecule has 0 aromatic heterocycles. The van der Waals surface area contributed by atoms with Crippen LogP contribution in [0.5, 0.6) is 5.75 Å². The molecular formula is C28H40Br2O. The predicted molar refractivity (Wildman–Crippen MR) is 144 cm³/mol. The van der Waals surface area contributed by atoms with Crippen molar-refractivity contribution in [1.29, 1.82) is 0 Å². The smallest absolute Gasteiger partial charge is 0.123 e. The van der Waals surface area contributed by atoms with E-state index in [1.54, 1.807) is 0 Å². The van der Waals surface area contributed by atoms with Gasteiger partial charge in [-0.3, -0.25) is 0 Å². The molecule has 0 heterocycles. The fourth-order valence-corrected chi connectivity index (χ4v) is 4.75. The molecule has 0 bridgehead atoms. The van der Waals surface area contributed by atoms with Gasteiger partial charge in [-0.25, -0.2) is 0 Å². The van der Waals surface area contributed by atoms with Crippen molar-refractivity contribution in [3.05, 3.63) is 53.1 Å². The van der Waals surface area contributed by atoms with Gasteiger partial charge in [0.15, 0.2) is 0 Å². The topological polar surface area (TPSA) is 9.23 Å². The van der Waals surface area contributed by atoms with E-state index in [-0.39, 0.29) is 5.41 Å². The molecule has 0 N–H and O–H groups in total. The van der Waals surface area contributed by atoms with Crippen LogP contribution in [0.4, 0.5) is 0 Å². The molecule has 0 atom stereocenters. The standard InChI is InChI=1S/C28H40Br2O/c1-5-6-7-8-9-10-11-12-17-31-27-19-23(20-29)26(18-24(27)21-30)22-13-15-25(16-14-22)28(2,3)4/h13-16,18-19H,5-12,17,20-21H2,1-4H3. The van der Waals surface area contributed by atoms with E-state index in [2.05, 4.69) is 96.0 Å². The third kappa shape index (κ3) is 8.57. The highest BCUT2D eigenvalue weighted by molar-refractivity contribution is 9.08. The van der Waals surface area contributed by atoms with Gasteiger partial charge in [0.1, 0.15) is 5.75 Å². The first kappa shape index (κ1) is 26.5.